The minimum atomic E-state index is -0.652. The lowest BCUT2D eigenvalue weighted by Crippen LogP contribution is -2.49. The molecular formula is C12H23NO2. The Morgan fingerprint density at radius 3 is 2.73 bits per heavy atom. The van der Waals surface area contributed by atoms with Crippen molar-refractivity contribution in [2.24, 2.45) is 0 Å². The van der Waals surface area contributed by atoms with Gasteiger partial charge in [0.1, 0.15) is 6.04 Å². The molecule has 0 spiro atoms. The molecule has 1 heterocycles. The van der Waals surface area contributed by atoms with E-state index in [0.29, 0.717) is 6.04 Å². The third-order valence-electron chi connectivity index (χ3n) is 3.37. The fraction of sp³-hybridized carbons (Fsp3) is 0.917. The van der Waals surface area contributed by atoms with Crippen LogP contribution < -0.4 is 0 Å². The van der Waals surface area contributed by atoms with Crippen molar-refractivity contribution in [3.63, 3.8) is 0 Å². The number of piperidine rings is 1. The van der Waals surface area contributed by atoms with Crippen LogP contribution in [0, 0.1) is 0 Å². The number of likely N-dealkylation sites (tertiary alicyclic amines) is 1. The average molecular weight is 213 g/mol. The van der Waals surface area contributed by atoms with Gasteiger partial charge in [0.05, 0.1) is 0 Å². The van der Waals surface area contributed by atoms with Gasteiger partial charge < -0.3 is 5.11 Å². The van der Waals surface area contributed by atoms with Crippen LogP contribution in [0.2, 0.25) is 0 Å². The molecule has 3 nitrogen and oxygen atoms in total. The standard InChI is InChI=1S/C12H23NO2/c1-3-7-10-8-5-6-9-13(10)11(4-2)12(14)15/h10-11H,3-9H2,1-2H3,(H,14,15). The number of carboxylic acid groups (broad SMARTS) is 1. The Bertz CT molecular complexity index is 204. The van der Waals surface area contributed by atoms with E-state index in [4.69, 9.17) is 5.11 Å². The molecule has 0 bridgehead atoms. The Hall–Kier alpha value is -0.570. The summed E-state index contributed by atoms with van der Waals surface area (Å²) in [7, 11) is 0. The van der Waals surface area contributed by atoms with E-state index < -0.39 is 5.97 Å². The molecule has 1 aliphatic rings. The predicted octanol–water partition coefficient (Wildman–Crippen LogP) is 2.50. The molecule has 0 radical (unpaired) electrons. The van der Waals surface area contributed by atoms with Crippen LogP contribution in [0.5, 0.6) is 0 Å². The molecular weight excluding hydrogens is 190 g/mol. The van der Waals surface area contributed by atoms with E-state index in [9.17, 15) is 4.79 Å². The van der Waals surface area contributed by atoms with Gasteiger partial charge in [0.15, 0.2) is 0 Å². The maximum absolute atomic E-state index is 11.1. The largest absolute Gasteiger partial charge is 0.480 e. The van der Waals surface area contributed by atoms with Crippen molar-refractivity contribution < 1.29 is 9.90 Å². The second kappa shape index (κ2) is 6.11. The third kappa shape index (κ3) is 3.20. The molecule has 0 aromatic heterocycles. The van der Waals surface area contributed by atoms with Crippen LogP contribution in [0.15, 0.2) is 0 Å². The number of rotatable bonds is 5. The Morgan fingerprint density at radius 1 is 1.47 bits per heavy atom. The van der Waals surface area contributed by atoms with Crippen molar-refractivity contribution >= 4 is 5.97 Å². The molecule has 0 aromatic rings. The van der Waals surface area contributed by atoms with Gasteiger partial charge in [-0.15, -0.1) is 0 Å². The topological polar surface area (TPSA) is 40.5 Å². The van der Waals surface area contributed by atoms with Gasteiger partial charge in [0.2, 0.25) is 0 Å². The van der Waals surface area contributed by atoms with Crippen molar-refractivity contribution in [2.75, 3.05) is 6.54 Å². The molecule has 1 N–H and O–H groups in total. The number of carboxylic acids is 1. The number of hydrogen-bond acceptors (Lipinski definition) is 2. The molecule has 3 heteroatoms. The molecule has 15 heavy (non-hydrogen) atoms. The fourth-order valence-electron chi connectivity index (χ4n) is 2.63. The molecule has 0 saturated carbocycles. The van der Waals surface area contributed by atoms with E-state index >= 15 is 0 Å². The van der Waals surface area contributed by atoms with Crippen molar-refractivity contribution in [1.82, 2.24) is 4.90 Å². The average Bonchev–Trinajstić information content (AvgIpc) is 2.21. The summed E-state index contributed by atoms with van der Waals surface area (Å²) in [6.07, 6.45) is 6.61. The molecule has 1 fully saturated rings. The smallest absolute Gasteiger partial charge is 0.320 e. The van der Waals surface area contributed by atoms with E-state index in [1.54, 1.807) is 0 Å². The highest BCUT2D eigenvalue weighted by molar-refractivity contribution is 5.73. The Balaban J connectivity index is 2.64. The van der Waals surface area contributed by atoms with Crippen LogP contribution in [0.25, 0.3) is 0 Å². The molecule has 2 unspecified atom stereocenters. The van der Waals surface area contributed by atoms with Crippen LogP contribution in [0.3, 0.4) is 0 Å². The number of nitrogens with zero attached hydrogens (tertiary/aromatic N) is 1. The van der Waals surface area contributed by atoms with Crippen LogP contribution in [-0.2, 0) is 4.79 Å². The Labute approximate surface area is 92.5 Å². The molecule has 1 saturated heterocycles. The highest BCUT2D eigenvalue weighted by Crippen LogP contribution is 2.24. The van der Waals surface area contributed by atoms with Gasteiger partial charge in [-0.25, -0.2) is 0 Å². The van der Waals surface area contributed by atoms with Gasteiger partial charge >= 0.3 is 5.97 Å². The minimum absolute atomic E-state index is 0.262. The first-order valence-corrected chi connectivity index (χ1v) is 6.19. The predicted molar refractivity (Wildman–Crippen MR) is 61.0 cm³/mol. The lowest BCUT2D eigenvalue weighted by atomic mass is 9.95. The lowest BCUT2D eigenvalue weighted by Gasteiger charge is -2.39. The first-order valence-electron chi connectivity index (χ1n) is 6.19. The third-order valence-corrected chi connectivity index (χ3v) is 3.37. The number of aliphatic carboxylic acids is 1. The number of hydrogen-bond donors (Lipinski definition) is 1. The normalized spacial score (nSPS) is 25.1. The monoisotopic (exact) mass is 213 g/mol. The van der Waals surface area contributed by atoms with Crippen molar-refractivity contribution in [3.05, 3.63) is 0 Å². The van der Waals surface area contributed by atoms with Gasteiger partial charge in [0.25, 0.3) is 0 Å². The van der Waals surface area contributed by atoms with E-state index in [2.05, 4.69) is 11.8 Å². The maximum atomic E-state index is 11.1. The first kappa shape index (κ1) is 12.5. The second-order valence-electron chi connectivity index (χ2n) is 4.44. The minimum Gasteiger partial charge on any atom is -0.480 e. The molecule has 2 atom stereocenters. The van der Waals surface area contributed by atoms with Gasteiger partial charge in [-0.2, -0.15) is 0 Å². The molecule has 0 amide bonds. The van der Waals surface area contributed by atoms with Gasteiger partial charge in [-0.05, 0) is 32.2 Å². The second-order valence-corrected chi connectivity index (χ2v) is 4.44. The van der Waals surface area contributed by atoms with E-state index in [0.717, 1.165) is 32.2 Å². The molecule has 0 aliphatic carbocycles. The van der Waals surface area contributed by atoms with Crippen molar-refractivity contribution in [2.45, 2.75) is 64.5 Å². The Kier molecular flexibility index (Phi) is 5.09. The zero-order valence-corrected chi connectivity index (χ0v) is 9.91. The first-order chi connectivity index (χ1) is 7.20. The fourth-order valence-corrected chi connectivity index (χ4v) is 2.63. The van der Waals surface area contributed by atoms with Crippen LogP contribution in [0.1, 0.15) is 52.4 Å². The molecule has 1 aliphatic heterocycles. The lowest BCUT2D eigenvalue weighted by molar-refractivity contribution is -0.145. The van der Waals surface area contributed by atoms with Crippen LogP contribution in [-0.4, -0.2) is 34.6 Å². The summed E-state index contributed by atoms with van der Waals surface area (Å²) in [6.45, 7) is 5.11. The summed E-state index contributed by atoms with van der Waals surface area (Å²) in [4.78, 5) is 13.4. The SMILES string of the molecule is CCCC1CCCCN1C(CC)C(=O)O. The van der Waals surface area contributed by atoms with E-state index in [1.165, 1.54) is 12.8 Å². The Morgan fingerprint density at radius 2 is 2.20 bits per heavy atom. The summed E-state index contributed by atoms with van der Waals surface area (Å²) in [5.41, 5.74) is 0. The molecule has 88 valence electrons. The summed E-state index contributed by atoms with van der Waals surface area (Å²) in [6, 6.07) is 0.242. The summed E-state index contributed by atoms with van der Waals surface area (Å²) < 4.78 is 0. The summed E-state index contributed by atoms with van der Waals surface area (Å²) in [5, 5.41) is 9.17. The summed E-state index contributed by atoms with van der Waals surface area (Å²) in [5.74, 6) is -0.652. The zero-order chi connectivity index (χ0) is 11.3. The highest BCUT2D eigenvalue weighted by Gasteiger charge is 2.31. The zero-order valence-electron chi connectivity index (χ0n) is 9.91. The van der Waals surface area contributed by atoms with Gasteiger partial charge in [-0.3, -0.25) is 9.69 Å². The van der Waals surface area contributed by atoms with Gasteiger partial charge in [-0.1, -0.05) is 26.7 Å². The van der Waals surface area contributed by atoms with E-state index in [1.807, 2.05) is 6.92 Å². The highest BCUT2D eigenvalue weighted by atomic mass is 16.4. The summed E-state index contributed by atoms with van der Waals surface area (Å²) >= 11 is 0. The van der Waals surface area contributed by atoms with Gasteiger partial charge in [0, 0.05) is 6.04 Å². The quantitative estimate of drug-likeness (QED) is 0.763. The van der Waals surface area contributed by atoms with Crippen molar-refractivity contribution in [3.8, 4) is 0 Å². The van der Waals surface area contributed by atoms with Crippen LogP contribution >= 0.6 is 0 Å². The van der Waals surface area contributed by atoms with E-state index in [-0.39, 0.29) is 6.04 Å². The van der Waals surface area contributed by atoms with Crippen LogP contribution in [0.4, 0.5) is 0 Å². The molecule has 1 rings (SSSR count). The number of carbonyl (C=O) groups is 1. The molecule has 0 aromatic carbocycles. The van der Waals surface area contributed by atoms with Crippen molar-refractivity contribution in [1.29, 1.82) is 0 Å². The maximum Gasteiger partial charge on any atom is 0.320 e.